The van der Waals surface area contributed by atoms with Gasteiger partial charge in [0, 0.05) is 27.2 Å². The van der Waals surface area contributed by atoms with E-state index in [9.17, 15) is 0 Å². The van der Waals surface area contributed by atoms with Crippen LogP contribution in [0.25, 0.3) is 32.9 Å². The zero-order chi connectivity index (χ0) is 15.8. The minimum absolute atomic E-state index is 0.0628. The molecule has 0 saturated heterocycles. The molecule has 1 aliphatic carbocycles. The van der Waals surface area contributed by atoms with E-state index < -0.39 is 0 Å². The number of H-pyrrole nitrogens is 1. The molecule has 0 radical (unpaired) electrons. The summed E-state index contributed by atoms with van der Waals surface area (Å²) in [4.78, 5) is 3.60. The molecule has 0 fully saturated rings. The smallest absolute Gasteiger partial charge is 0.0468 e. The van der Waals surface area contributed by atoms with Gasteiger partial charge in [0.2, 0.25) is 0 Å². The van der Waals surface area contributed by atoms with Crippen molar-refractivity contribution >= 4 is 21.8 Å². The van der Waals surface area contributed by atoms with Crippen LogP contribution in [0.3, 0.4) is 0 Å². The van der Waals surface area contributed by atoms with Gasteiger partial charge in [-0.05, 0) is 53.4 Å². The van der Waals surface area contributed by atoms with Crippen LogP contribution >= 0.6 is 0 Å². The Labute approximate surface area is 136 Å². The molecule has 0 saturated carbocycles. The third-order valence-corrected chi connectivity index (χ3v) is 5.46. The zero-order valence-corrected chi connectivity index (χ0v) is 13.7. The molecule has 1 aliphatic rings. The Bertz CT molecular complexity index is 1100. The number of rotatable bonds is 0. The van der Waals surface area contributed by atoms with E-state index >= 15 is 0 Å². The summed E-state index contributed by atoms with van der Waals surface area (Å²) in [5.41, 5.74) is 9.47. The Hall–Kier alpha value is -2.54. The van der Waals surface area contributed by atoms with Gasteiger partial charge in [0.15, 0.2) is 0 Å². The van der Waals surface area contributed by atoms with Gasteiger partial charge in [-0.3, -0.25) is 0 Å². The number of aromatic nitrogens is 1. The van der Waals surface area contributed by atoms with Crippen molar-refractivity contribution in [2.24, 2.45) is 0 Å². The van der Waals surface area contributed by atoms with Crippen LogP contribution in [0.4, 0.5) is 0 Å². The molecule has 1 N–H and O–H groups in total. The summed E-state index contributed by atoms with van der Waals surface area (Å²) < 4.78 is 0. The van der Waals surface area contributed by atoms with E-state index in [0.717, 1.165) is 0 Å². The highest BCUT2D eigenvalue weighted by Crippen LogP contribution is 2.50. The first-order valence-electron chi connectivity index (χ1n) is 8.22. The number of benzene rings is 3. The van der Waals surface area contributed by atoms with Gasteiger partial charge in [0.05, 0.1) is 0 Å². The van der Waals surface area contributed by atoms with Crippen LogP contribution in [-0.2, 0) is 5.41 Å². The molecule has 1 heterocycles. The van der Waals surface area contributed by atoms with Crippen molar-refractivity contribution in [2.45, 2.75) is 26.2 Å². The molecule has 0 spiro atoms. The third kappa shape index (κ3) is 1.57. The highest BCUT2D eigenvalue weighted by molar-refractivity contribution is 6.10. The maximum atomic E-state index is 3.60. The zero-order valence-electron chi connectivity index (χ0n) is 13.7. The molecule has 4 aromatic rings. The first-order chi connectivity index (χ1) is 11.1. The fourth-order valence-corrected chi connectivity index (χ4v) is 4.21. The monoisotopic (exact) mass is 297 g/mol. The maximum Gasteiger partial charge on any atom is 0.0468 e. The first kappa shape index (κ1) is 13.0. The lowest BCUT2D eigenvalue weighted by Crippen LogP contribution is -2.14. The van der Waals surface area contributed by atoms with Crippen molar-refractivity contribution < 1.29 is 0 Å². The molecule has 0 unspecified atom stereocenters. The van der Waals surface area contributed by atoms with Crippen LogP contribution in [0.2, 0.25) is 0 Å². The van der Waals surface area contributed by atoms with Gasteiger partial charge in [0.1, 0.15) is 0 Å². The molecule has 0 atom stereocenters. The molecular weight excluding hydrogens is 278 g/mol. The van der Waals surface area contributed by atoms with Gasteiger partial charge >= 0.3 is 0 Å². The number of hydrogen-bond donors (Lipinski definition) is 1. The Morgan fingerprint density at radius 1 is 0.739 bits per heavy atom. The quantitative estimate of drug-likeness (QED) is 0.413. The second-order valence-electron chi connectivity index (χ2n) is 7.29. The van der Waals surface area contributed by atoms with Crippen LogP contribution < -0.4 is 0 Å². The molecule has 23 heavy (non-hydrogen) atoms. The number of nitrogens with one attached hydrogen (secondary N) is 1. The standard InChI is InChI=1S/C22H19N/c1-13-8-9-20-16(10-13)17-11-15-14-6-4-5-7-18(14)22(2,3)19(15)12-21(17)23-20/h4-12,23H,1-3H3. The fraction of sp³-hybridized carbons (Fsp3) is 0.182. The highest BCUT2D eigenvalue weighted by Gasteiger charge is 2.35. The summed E-state index contributed by atoms with van der Waals surface area (Å²) in [6.07, 6.45) is 0. The second kappa shape index (κ2) is 4.05. The molecule has 1 nitrogen and oxygen atoms in total. The molecule has 0 bridgehead atoms. The maximum absolute atomic E-state index is 3.60. The Morgan fingerprint density at radius 3 is 2.39 bits per heavy atom. The summed E-state index contributed by atoms with van der Waals surface area (Å²) >= 11 is 0. The van der Waals surface area contributed by atoms with E-state index in [1.807, 2.05) is 0 Å². The predicted molar refractivity (Wildman–Crippen MR) is 98.1 cm³/mol. The lowest BCUT2D eigenvalue weighted by molar-refractivity contribution is 0.661. The molecule has 1 heteroatoms. The molecule has 0 aliphatic heterocycles. The van der Waals surface area contributed by atoms with Crippen molar-refractivity contribution in [3.05, 3.63) is 71.3 Å². The molecule has 0 amide bonds. The van der Waals surface area contributed by atoms with E-state index in [4.69, 9.17) is 0 Å². The minimum Gasteiger partial charge on any atom is -0.355 e. The second-order valence-corrected chi connectivity index (χ2v) is 7.29. The Kier molecular flexibility index (Phi) is 2.28. The number of fused-ring (bicyclic) bond motifs is 6. The van der Waals surface area contributed by atoms with Gasteiger partial charge in [-0.15, -0.1) is 0 Å². The molecular formula is C22H19N. The van der Waals surface area contributed by atoms with Crippen LogP contribution in [0.5, 0.6) is 0 Å². The molecule has 1 aromatic heterocycles. The summed E-state index contributed by atoms with van der Waals surface area (Å²) in [5.74, 6) is 0. The van der Waals surface area contributed by atoms with Crippen molar-refractivity contribution in [3.8, 4) is 11.1 Å². The first-order valence-corrected chi connectivity index (χ1v) is 8.22. The summed E-state index contributed by atoms with van der Waals surface area (Å²) in [5, 5.41) is 2.65. The van der Waals surface area contributed by atoms with Crippen LogP contribution in [0, 0.1) is 6.92 Å². The number of aromatic amines is 1. The molecule has 112 valence electrons. The fourth-order valence-electron chi connectivity index (χ4n) is 4.21. The topological polar surface area (TPSA) is 15.8 Å². The van der Waals surface area contributed by atoms with E-state index in [1.165, 1.54) is 49.6 Å². The van der Waals surface area contributed by atoms with Gasteiger partial charge in [0.25, 0.3) is 0 Å². The SMILES string of the molecule is Cc1ccc2[nH]c3cc4c(cc3c2c1)-c1ccccc1C4(C)C. The molecule has 3 aromatic carbocycles. The van der Waals surface area contributed by atoms with Crippen LogP contribution in [0.1, 0.15) is 30.5 Å². The van der Waals surface area contributed by atoms with Gasteiger partial charge in [-0.1, -0.05) is 49.7 Å². The van der Waals surface area contributed by atoms with Gasteiger partial charge in [-0.2, -0.15) is 0 Å². The number of hydrogen-bond acceptors (Lipinski definition) is 0. The average Bonchev–Trinajstić information content (AvgIpc) is 3.00. The summed E-state index contributed by atoms with van der Waals surface area (Å²) in [6.45, 7) is 6.82. The number of aryl methyl sites for hydroxylation is 1. The Balaban J connectivity index is 1.94. The van der Waals surface area contributed by atoms with Crippen molar-refractivity contribution in [1.82, 2.24) is 4.98 Å². The van der Waals surface area contributed by atoms with Gasteiger partial charge in [-0.25, -0.2) is 0 Å². The van der Waals surface area contributed by atoms with E-state index in [2.05, 4.69) is 80.4 Å². The lowest BCUT2D eigenvalue weighted by atomic mass is 9.82. The van der Waals surface area contributed by atoms with Crippen molar-refractivity contribution in [1.29, 1.82) is 0 Å². The average molecular weight is 297 g/mol. The lowest BCUT2D eigenvalue weighted by Gasteiger charge is -2.21. The molecule has 5 rings (SSSR count). The van der Waals surface area contributed by atoms with E-state index in [-0.39, 0.29) is 5.41 Å². The summed E-state index contributed by atoms with van der Waals surface area (Å²) in [7, 11) is 0. The third-order valence-electron chi connectivity index (χ3n) is 5.46. The minimum atomic E-state index is 0.0628. The predicted octanol–water partition coefficient (Wildman–Crippen LogP) is 5.94. The van der Waals surface area contributed by atoms with E-state index in [0.29, 0.717) is 0 Å². The largest absolute Gasteiger partial charge is 0.355 e. The Morgan fingerprint density at radius 2 is 1.52 bits per heavy atom. The summed E-state index contributed by atoms with van der Waals surface area (Å²) in [6, 6.07) is 20.2. The van der Waals surface area contributed by atoms with Crippen LogP contribution in [-0.4, -0.2) is 4.98 Å². The van der Waals surface area contributed by atoms with Crippen molar-refractivity contribution in [3.63, 3.8) is 0 Å². The highest BCUT2D eigenvalue weighted by atomic mass is 14.7. The van der Waals surface area contributed by atoms with E-state index in [1.54, 1.807) is 0 Å². The van der Waals surface area contributed by atoms with Gasteiger partial charge < -0.3 is 4.98 Å². The normalized spacial score (nSPS) is 15.1. The van der Waals surface area contributed by atoms with Crippen molar-refractivity contribution in [2.75, 3.05) is 0 Å². The van der Waals surface area contributed by atoms with Crippen LogP contribution in [0.15, 0.2) is 54.6 Å².